The lowest BCUT2D eigenvalue weighted by Crippen LogP contribution is -2.28. The Kier molecular flexibility index (Phi) is 6.82. The molecule has 4 nitrogen and oxygen atoms in total. The van der Waals surface area contributed by atoms with Crippen molar-refractivity contribution >= 4 is 34.8 Å². The summed E-state index contributed by atoms with van der Waals surface area (Å²) in [6, 6.07) is 8.79. The number of hydrogen-bond donors (Lipinski definition) is 1. The number of hydrogen-bond acceptors (Lipinski definition) is 3. The zero-order valence-electron chi connectivity index (χ0n) is 13.8. The Labute approximate surface area is 151 Å². The van der Waals surface area contributed by atoms with Crippen LogP contribution in [0.4, 0.5) is 0 Å². The van der Waals surface area contributed by atoms with Crippen LogP contribution in [0.1, 0.15) is 33.6 Å². The number of aryl methyl sites for hydroxylation is 1. The van der Waals surface area contributed by atoms with Crippen molar-refractivity contribution < 1.29 is 9.59 Å². The van der Waals surface area contributed by atoms with Crippen molar-refractivity contribution in [3.05, 3.63) is 56.7 Å². The predicted octanol–water partition coefficient (Wildman–Crippen LogP) is 3.88. The van der Waals surface area contributed by atoms with E-state index >= 15 is 0 Å². The van der Waals surface area contributed by atoms with Crippen LogP contribution < -0.4 is 5.32 Å². The molecule has 0 spiro atoms. The van der Waals surface area contributed by atoms with E-state index in [2.05, 4.69) is 18.3 Å². The summed E-state index contributed by atoms with van der Waals surface area (Å²) < 4.78 is 0. The third kappa shape index (κ3) is 5.35. The highest BCUT2D eigenvalue weighted by molar-refractivity contribution is 7.10. The smallest absolute Gasteiger partial charge is 0.251 e. The lowest BCUT2D eigenvalue weighted by Gasteiger charge is -2.17. The fourth-order valence-corrected chi connectivity index (χ4v) is 3.29. The van der Waals surface area contributed by atoms with Gasteiger partial charge in [-0.3, -0.25) is 9.59 Å². The quantitative estimate of drug-likeness (QED) is 0.758. The fourth-order valence-electron chi connectivity index (χ4n) is 2.21. The van der Waals surface area contributed by atoms with Crippen LogP contribution in [0.2, 0.25) is 5.02 Å². The molecule has 2 amide bonds. The average molecular weight is 365 g/mol. The number of benzene rings is 1. The fraction of sp³-hybridized carbons (Fsp3) is 0.333. The number of nitrogens with one attached hydrogen (secondary N) is 1. The van der Waals surface area contributed by atoms with Crippen LogP contribution in [0.15, 0.2) is 35.7 Å². The summed E-state index contributed by atoms with van der Waals surface area (Å²) in [5.74, 6) is -0.0646. The third-order valence-corrected chi connectivity index (χ3v) is 4.99. The first kappa shape index (κ1) is 18.5. The lowest BCUT2D eigenvalue weighted by molar-refractivity contribution is -0.130. The summed E-state index contributed by atoms with van der Waals surface area (Å²) in [6.07, 6.45) is 1.04. The van der Waals surface area contributed by atoms with Crippen LogP contribution in [0.5, 0.6) is 0 Å². The first-order chi connectivity index (χ1) is 11.5. The summed E-state index contributed by atoms with van der Waals surface area (Å²) >= 11 is 7.46. The molecule has 0 fully saturated rings. The van der Waals surface area contributed by atoms with Crippen LogP contribution in [0, 0.1) is 6.92 Å². The molecule has 0 aliphatic heterocycles. The third-order valence-electron chi connectivity index (χ3n) is 3.73. The second-order valence-electron chi connectivity index (χ2n) is 5.64. The van der Waals surface area contributed by atoms with Crippen molar-refractivity contribution in [1.82, 2.24) is 10.2 Å². The molecule has 0 atom stereocenters. The number of rotatable bonds is 7. The van der Waals surface area contributed by atoms with E-state index in [0.29, 0.717) is 36.5 Å². The maximum absolute atomic E-state index is 12.1. The van der Waals surface area contributed by atoms with Gasteiger partial charge in [-0.1, -0.05) is 11.6 Å². The van der Waals surface area contributed by atoms with Gasteiger partial charge in [0.2, 0.25) is 5.91 Å². The Bertz CT molecular complexity index is 697. The molecule has 128 valence electrons. The van der Waals surface area contributed by atoms with Gasteiger partial charge in [0.05, 0.1) is 6.54 Å². The molecule has 1 aromatic heterocycles. The van der Waals surface area contributed by atoms with Gasteiger partial charge in [0.1, 0.15) is 0 Å². The molecular weight excluding hydrogens is 344 g/mol. The highest BCUT2D eigenvalue weighted by Gasteiger charge is 2.11. The first-order valence-electron chi connectivity index (χ1n) is 7.78. The molecule has 6 heteroatoms. The minimum Gasteiger partial charge on any atom is -0.352 e. The van der Waals surface area contributed by atoms with E-state index in [-0.39, 0.29) is 11.8 Å². The molecule has 1 heterocycles. The summed E-state index contributed by atoms with van der Waals surface area (Å²) in [7, 11) is 1.81. The van der Waals surface area contributed by atoms with Crippen molar-refractivity contribution in [3.8, 4) is 0 Å². The van der Waals surface area contributed by atoms with Gasteiger partial charge in [-0.05, 0) is 54.6 Å². The van der Waals surface area contributed by atoms with Crippen molar-refractivity contribution in [2.45, 2.75) is 26.3 Å². The number of carbonyl (C=O) groups excluding carboxylic acids is 2. The molecule has 0 unspecified atom stereocenters. The van der Waals surface area contributed by atoms with E-state index in [1.807, 2.05) is 12.4 Å². The Morgan fingerprint density at radius 2 is 1.92 bits per heavy atom. The average Bonchev–Trinajstić information content (AvgIpc) is 2.96. The lowest BCUT2D eigenvalue weighted by atomic mass is 10.2. The molecule has 24 heavy (non-hydrogen) atoms. The van der Waals surface area contributed by atoms with Gasteiger partial charge in [0.25, 0.3) is 5.91 Å². The Balaban J connectivity index is 1.69. The molecule has 2 aromatic rings. The maximum Gasteiger partial charge on any atom is 0.251 e. The molecular formula is C18H21ClN2O2S. The number of carbonyl (C=O) groups is 2. The second-order valence-corrected chi connectivity index (χ2v) is 7.08. The minimum absolute atomic E-state index is 0.0866. The largest absolute Gasteiger partial charge is 0.352 e. The summed E-state index contributed by atoms with van der Waals surface area (Å²) in [6.45, 7) is 3.16. The topological polar surface area (TPSA) is 49.4 Å². The number of amides is 2. The molecule has 0 aliphatic carbocycles. The molecule has 0 bridgehead atoms. The van der Waals surface area contributed by atoms with E-state index in [1.54, 1.807) is 40.5 Å². The Morgan fingerprint density at radius 1 is 1.21 bits per heavy atom. The van der Waals surface area contributed by atoms with E-state index in [9.17, 15) is 9.59 Å². The summed E-state index contributed by atoms with van der Waals surface area (Å²) in [4.78, 5) is 27.0. The molecule has 0 aliphatic rings. The van der Waals surface area contributed by atoms with Crippen LogP contribution in [-0.4, -0.2) is 30.3 Å². The van der Waals surface area contributed by atoms with Crippen LogP contribution in [0.3, 0.4) is 0 Å². The normalized spacial score (nSPS) is 10.5. The summed E-state index contributed by atoms with van der Waals surface area (Å²) in [5, 5.41) is 5.45. The van der Waals surface area contributed by atoms with E-state index in [0.717, 1.165) is 0 Å². The predicted molar refractivity (Wildman–Crippen MR) is 98.5 cm³/mol. The molecule has 1 N–H and O–H groups in total. The van der Waals surface area contributed by atoms with Crippen LogP contribution in [0.25, 0.3) is 0 Å². The van der Waals surface area contributed by atoms with Gasteiger partial charge >= 0.3 is 0 Å². The second kappa shape index (κ2) is 8.85. The van der Waals surface area contributed by atoms with Gasteiger partial charge in [0.15, 0.2) is 0 Å². The molecule has 0 saturated heterocycles. The number of nitrogens with zero attached hydrogens (tertiary/aromatic N) is 1. The van der Waals surface area contributed by atoms with Gasteiger partial charge in [0, 0.05) is 35.5 Å². The zero-order chi connectivity index (χ0) is 17.5. The van der Waals surface area contributed by atoms with Gasteiger partial charge < -0.3 is 10.2 Å². The molecule has 2 rings (SSSR count). The summed E-state index contributed by atoms with van der Waals surface area (Å²) in [5.41, 5.74) is 1.78. The van der Waals surface area contributed by atoms with Crippen LogP contribution in [-0.2, 0) is 11.3 Å². The minimum atomic E-state index is -0.151. The van der Waals surface area contributed by atoms with E-state index in [4.69, 9.17) is 11.6 Å². The standard InChI is InChI=1S/C18H21ClN2O2S/c1-13-9-11-24-16(13)12-21(2)17(22)4-3-10-20-18(23)14-5-7-15(19)8-6-14/h5-9,11H,3-4,10,12H2,1-2H3,(H,20,23). The van der Waals surface area contributed by atoms with Crippen molar-refractivity contribution in [2.24, 2.45) is 0 Å². The van der Waals surface area contributed by atoms with Crippen molar-refractivity contribution in [3.63, 3.8) is 0 Å². The highest BCUT2D eigenvalue weighted by atomic mass is 35.5. The van der Waals surface area contributed by atoms with Crippen molar-refractivity contribution in [2.75, 3.05) is 13.6 Å². The van der Waals surface area contributed by atoms with Gasteiger partial charge in [-0.2, -0.15) is 0 Å². The van der Waals surface area contributed by atoms with Gasteiger partial charge in [-0.15, -0.1) is 11.3 Å². The molecule has 0 saturated carbocycles. The number of thiophene rings is 1. The number of halogens is 1. The Hall–Kier alpha value is -1.85. The van der Waals surface area contributed by atoms with E-state index < -0.39 is 0 Å². The SMILES string of the molecule is Cc1ccsc1CN(C)C(=O)CCCNC(=O)c1ccc(Cl)cc1. The van der Waals surface area contributed by atoms with Crippen molar-refractivity contribution in [1.29, 1.82) is 0 Å². The maximum atomic E-state index is 12.1. The Morgan fingerprint density at radius 3 is 2.54 bits per heavy atom. The highest BCUT2D eigenvalue weighted by Crippen LogP contribution is 2.17. The molecule has 0 radical (unpaired) electrons. The van der Waals surface area contributed by atoms with E-state index in [1.165, 1.54) is 10.4 Å². The van der Waals surface area contributed by atoms with Gasteiger partial charge in [-0.25, -0.2) is 0 Å². The van der Waals surface area contributed by atoms with Crippen LogP contribution >= 0.6 is 22.9 Å². The first-order valence-corrected chi connectivity index (χ1v) is 9.04. The molecule has 1 aromatic carbocycles. The zero-order valence-corrected chi connectivity index (χ0v) is 15.4. The monoisotopic (exact) mass is 364 g/mol.